The molecule has 1 aromatic rings. The van der Waals surface area contributed by atoms with Crippen LogP contribution in [0.5, 0.6) is 0 Å². The minimum Gasteiger partial charge on any atom is -0.376 e. The Hall–Kier alpha value is -1.69. The van der Waals surface area contributed by atoms with Crippen LogP contribution in [0.2, 0.25) is 0 Å². The van der Waals surface area contributed by atoms with E-state index in [9.17, 15) is 4.79 Å². The Balaban J connectivity index is 1.88. The van der Waals surface area contributed by atoms with Crippen molar-refractivity contribution in [3.63, 3.8) is 0 Å². The molecule has 1 aliphatic rings. The molecule has 21 heavy (non-hydrogen) atoms. The largest absolute Gasteiger partial charge is 0.376 e. The highest BCUT2D eigenvalue weighted by atomic mass is 16.5. The fourth-order valence-corrected chi connectivity index (χ4v) is 2.32. The molecule has 1 fully saturated rings. The van der Waals surface area contributed by atoms with Crippen LogP contribution in [0, 0.1) is 0 Å². The summed E-state index contributed by atoms with van der Waals surface area (Å²) in [5.74, 6) is 0.588. The molecule has 1 saturated heterocycles. The second-order valence-electron chi connectivity index (χ2n) is 5.39. The van der Waals surface area contributed by atoms with Gasteiger partial charge < -0.3 is 15.0 Å². The van der Waals surface area contributed by atoms with Gasteiger partial charge in [-0.15, -0.1) is 0 Å². The number of amides is 1. The van der Waals surface area contributed by atoms with Crippen LogP contribution in [0.4, 0.5) is 5.82 Å². The van der Waals surface area contributed by atoms with Crippen molar-refractivity contribution >= 4 is 11.7 Å². The van der Waals surface area contributed by atoms with Gasteiger partial charge in [0.25, 0.3) is 5.91 Å². The van der Waals surface area contributed by atoms with Crippen LogP contribution in [-0.2, 0) is 4.74 Å². The van der Waals surface area contributed by atoms with Gasteiger partial charge in [0.2, 0.25) is 0 Å². The van der Waals surface area contributed by atoms with E-state index in [0.717, 1.165) is 32.4 Å². The number of hydrogen-bond donors (Lipinski definition) is 1. The molecule has 1 aliphatic heterocycles. The number of carbonyl (C=O) groups is 1. The summed E-state index contributed by atoms with van der Waals surface area (Å²) in [7, 11) is 1.78. The molecule has 0 aliphatic carbocycles. The van der Waals surface area contributed by atoms with E-state index in [4.69, 9.17) is 4.74 Å². The molecular formula is C15H24N4O2. The van der Waals surface area contributed by atoms with E-state index in [1.54, 1.807) is 18.1 Å². The Bertz CT molecular complexity index is 443. The van der Waals surface area contributed by atoms with Crippen molar-refractivity contribution in [1.29, 1.82) is 0 Å². The summed E-state index contributed by atoms with van der Waals surface area (Å²) >= 11 is 0. The molecule has 6 nitrogen and oxygen atoms in total. The average molecular weight is 292 g/mol. The molecule has 1 atom stereocenters. The number of aromatic nitrogens is 2. The molecule has 2 rings (SSSR count). The van der Waals surface area contributed by atoms with Crippen LogP contribution < -0.4 is 5.32 Å². The van der Waals surface area contributed by atoms with Gasteiger partial charge in [-0.05, 0) is 25.7 Å². The molecule has 1 amide bonds. The zero-order chi connectivity index (χ0) is 15.1. The molecule has 0 radical (unpaired) electrons. The van der Waals surface area contributed by atoms with E-state index in [2.05, 4.69) is 22.2 Å². The summed E-state index contributed by atoms with van der Waals surface area (Å²) in [6, 6.07) is 0. The number of carbonyl (C=O) groups excluding carboxylic acids is 1. The first kappa shape index (κ1) is 15.7. The second kappa shape index (κ2) is 7.93. The smallest absolute Gasteiger partial charge is 0.273 e. The maximum atomic E-state index is 12.3. The molecule has 6 heteroatoms. The normalized spacial score (nSPS) is 18.3. The van der Waals surface area contributed by atoms with Crippen molar-refractivity contribution < 1.29 is 9.53 Å². The van der Waals surface area contributed by atoms with Gasteiger partial charge in [-0.1, -0.05) is 6.92 Å². The van der Waals surface area contributed by atoms with Crippen LogP contribution in [0.25, 0.3) is 0 Å². The molecule has 0 saturated carbocycles. The van der Waals surface area contributed by atoms with Gasteiger partial charge in [-0.3, -0.25) is 4.79 Å². The minimum atomic E-state index is -0.112. The van der Waals surface area contributed by atoms with Crippen LogP contribution in [0.1, 0.15) is 43.1 Å². The number of hydrogen-bond acceptors (Lipinski definition) is 5. The Morgan fingerprint density at radius 2 is 2.29 bits per heavy atom. The summed E-state index contributed by atoms with van der Waals surface area (Å²) in [6.45, 7) is 4.34. The fraction of sp³-hybridized carbons (Fsp3) is 0.667. The summed E-state index contributed by atoms with van der Waals surface area (Å²) in [5, 5.41) is 3.14. The van der Waals surface area contributed by atoms with Crippen molar-refractivity contribution in [3.8, 4) is 0 Å². The van der Waals surface area contributed by atoms with Gasteiger partial charge in [0.05, 0.1) is 18.5 Å². The highest BCUT2D eigenvalue weighted by Crippen LogP contribution is 2.14. The van der Waals surface area contributed by atoms with Crippen LogP contribution >= 0.6 is 0 Å². The maximum Gasteiger partial charge on any atom is 0.273 e. The van der Waals surface area contributed by atoms with E-state index < -0.39 is 0 Å². The van der Waals surface area contributed by atoms with Crippen molar-refractivity contribution in [2.45, 2.75) is 38.7 Å². The first-order valence-electron chi connectivity index (χ1n) is 7.63. The third-order valence-electron chi connectivity index (χ3n) is 3.53. The molecule has 1 unspecified atom stereocenters. The van der Waals surface area contributed by atoms with E-state index in [0.29, 0.717) is 18.1 Å². The van der Waals surface area contributed by atoms with Gasteiger partial charge in [0.1, 0.15) is 11.5 Å². The molecule has 1 aromatic heterocycles. The maximum absolute atomic E-state index is 12.3. The highest BCUT2D eigenvalue weighted by molar-refractivity contribution is 5.91. The van der Waals surface area contributed by atoms with Crippen LogP contribution in [-0.4, -0.2) is 53.6 Å². The second-order valence-corrected chi connectivity index (χ2v) is 5.39. The average Bonchev–Trinajstić information content (AvgIpc) is 2.53. The molecule has 116 valence electrons. The van der Waals surface area contributed by atoms with Gasteiger partial charge in [0, 0.05) is 26.7 Å². The lowest BCUT2D eigenvalue weighted by atomic mass is 10.1. The molecule has 0 aromatic carbocycles. The molecule has 0 spiro atoms. The van der Waals surface area contributed by atoms with Gasteiger partial charge >= 0.3 is 0 Å². The lowest BCUT2D eigenvalue weighted by molar-refractivity contribution is -0.000298. The Labute approximate surface area is 125 Å². The summed E-state index contributed by atoms with van der Waals surface area (Å²) < 4.78 is 5.66. The number of nitrogens with zero attached hydrogens (tertiary/aromatic N) is 3. The number of anilines is 1. The number of nitrogens with one attached hydrogen (secondary N) is 1. The Kier molecular flexibility index (Phi) is 5.92. The third kappa shape index (κ3) is 4.67. The van der Waals surface area contributed by atoms with Gasteiger partial charge in [-0.25, -0.2) is 9.97 Å². The number of rotatable bonds is 6. The molecular weight excluding hydrogens is 268 g/mol. The Morgan fingerprint density at radius 1 is 1.43 bits per heavy atom. The van der Waals surface area contributed by atoms with Crippen LogP contribution in [0.3, 0.4) is 0 Å². The molecule has 2 heterocycles. The van der Waals surface area contributed by atoms with E-state index in [-0.39, 0.29) is 12.0 Å². The summed E-state index contributed by atoms with van der Waals surface area (Å²) in [5.41, 5.74) is 0.371. The first-order chi connectivity index (χ1) is 10.2. The minimum absolute atomic E-state index is 0.112. The quantitative estimate of drug-likeness (QED) is 0.868. The molecule has 1 N–H and O–H groups in total. The summed E-state index contributed by atoms with van der Waals surface area (Å²) in [6.07, 6.45) is 7.60. The predicted molar refractivity (Wildman–Crippen MR) is 81.4 cm³/mol. The zero-order valence-electron chi connectivity index (χ0n) is 12.8. The predicted octanol–water partition coefficient (Wildman–Crippen LogP) is 1.94. The third-order valence-corrected chi connectivity index (χ3v) is 3.53. The number of ether oxygens (including phenoxy) is 1. The monoisotopic (exact) mass is 292 g/mol. The van der Waals surface area contributed by atoms with Crippen LogP contribution in [0.15, 0.2) is 12.4 Å². The highest BCUT2D eigenvalue weighted by Gasteiger charge is 2.20. The van der Waals surface area contributed by atoms with E-state index >= 15 is 0 Å². The lowest BCUT2D eigenvalue weighted by Gasteiger charge is -2.27. The topological polar surface area (TPSA) is 67.4 Å². The van der Waals surface area contributed by atoms with E-state index in [1.165, 1.54) is 12.6 Å². The van der Waals surface area contributed by atoms with Crippen molar-refractivity contribution in [2.75, 3.05) is 32.1 Å². The fourth-order valence-electron chi connectivity index (χ4n) is 2.32. The van der Waals surface area contributed by atoms with Crippen molar-refractivity contribution in [2.24, 2.45) is 0 Å². The van der Waals surface area contributed by atoms with E-state index in [1.807, 2.05) is 0 Å². The lowest BCUT2D eigenvalue weighted by Crippen LogP contribution is -2.37. The zero-order valence-corrected chi connectivity index (χ0v) is 12.8. The summed E-state index contributed by atoms with van der Waals surface area (Å²) in [4.78, 5) is 22.4. The molecule has 0 bridgehead atoms. The van der Waals surface area contributed by atoms with Gasteiger partial charge in [0.15, 0.2) is 0 Å². The number of likely N-dealkylation sites (N-methyl/N-ethyl adjacent to an activating group) is 1. The Morgan fingerprint density at radius 3 is 2.90 bits per heavy atom. The van der Waals surface area contributed by atoms with Gasteiger partial charge in [-0.2, -0.15) is 0 Å². The standard InChI is InChI=1S/C15H24N4O2/c1-3-7-16-14-10-17-13(9-18-14)15(20)19(2)11-12-6-4-5-8-21-12/h9-10,12H,3-8,11H2,1-2H3,(H,16,18). The van der Waals surface area contributed by atoms with Crippen molar-refractivity contribution in [1.82, 2.24) is 14.9 Å². The van der Waals surface area contributed by atoms with Crippen molar-refractivity contribution in [3.05, 3.63) is 18.1 Å². The SMILES string of the molecule is CCCNc1cnc(C(=O)N(C)CC2CCCCO2)cn1. The first-order valence-corrected chi connectivity index (χ1v) is 7.63.